The fourth-order valence-corrected chi connectivity index (χ4v) is 3.13. The number of para-hydroxylation sites is 1. The first kappa shape index (κ1) is 18.5. The fraction of sp³-hybridized carbons (Fsp3) is 0.364. The van der Waals surface area contributed by atoms with E-state index in [2.05, 4.69) is 46.5 Å². The van der Waals surface area contributed by atoms with E-state index >= 15 is 0 Å². The number of terminal acetylenes is 1. The molecule has 1 fully saturated rings. The van der Waals surface area contributed by atoms with Crippen molar-refractivity contribution in [2.75, 3.05) is 32.9 Å². The molecule has 0 atom stereocenters. The molecule has 1 aliphatic heterocycles. The summed E-state index contributed by atoms with van der Waals surface area (Å²) in [5.74, 6) is 3.36. The second-order valence-electron chi connectivity index (χ2n) is 6.36. The van der Waals surface area contributed by atoms with Gasteiger partial charge >= 0.3 is 0 Å². The van der Waals surface area contributed by atoms with Gasteiger partial charge in [0.2, 0.25) is 0 Å². The molecule has 0 amide bonds. The number of morpholine rings is 1. The van der Waals surface area contributed by atoms with E-state index in [-0.39, 0.29) is 0 Å². The molecule has 4 heteroatoms. The zero-order valence-corrected chi connectivity index (χ0v) is 15.1. The third kappa shape index (κ3) is 5.34. The van der Waals surface area contributed by atoms with Crippen molar-refractivity contribution in [1.29, 1.82) is 0 Å². The molecule has 0 saturated carbocycles. The minimum Gasteiger partial charge on any atom is -0.481 e. The number of hydrogen-bond acceptors (Lipinski definition) is 4. The highest BCUT2D eigenvalue weighted by Crippen LogP contribution is 2.18. The van der Waals surface area contributed by atoms with Crippen LogP contribution in [0.2, 0.25) is 0 Å². The van der Waals surface area contributed by atoms with E-state index in [1.54, 1.807) is 0 Å². The Labute approximate surface area is 156 Å². The van der Waals surface area contributed by atoms with Gasteiger partial charge in [-0.1, -0.05) is 48.4 Å². The molecule has 0 radical (unpaired) electrons. The lowest BCUT2D eigenvalue weighted by molar-refractivity contribution is 0.0340. The topological polar surface area (TPSA) is 33.7 Å². The molecule has 4 nitrogen and oxygen atoms in total. The first-order valence-corrected chi connectivity index (χ1v) is 9.08. The first-order valence-electron chi connectivity index (χ1n) is 9.08. The van der Waals surface area contributed by atoms with Gasteiger partial charge in [-0.15, -0.1) is 6.42 Å². The van der Waals surface area contributed by atoms with Crippen LogP contribution in [0, 0.1) is 12.3 Å². The molecule has 0 bridgehead atoms. The van der Waals surface area contributed by atoms with E-state index < -0.39 is 0 Å². The highest BCUT2D eigenvalue weighted by Gasteiger charge is 2.12. The van der Waals surface area contributed by atoms with Gasteiger partial charge in [-0.25, -0.2) is 0 Å². The summed E-state index contributed by atoms with van der Waals surface area (Å²) in [6.07, 6.45) is 5.29. The summed E-state index contributed by atoms with van der Waals surface area (Å²) in [4.78, 5) is 2.45. The van der Waals surface area contributed by atoms with Crippen molar-refractivity contribution >= 4 is 0 Å². The lowest BCUT2D eigenvalue weighted by Gasteiger charge is -2.27. The van der Waals surface area contributed by atoms with Crippen LogP contribution in [0.5, 0.6) is 5.75 Å². The number of hydrogen-bond donors (Lipinski definition) is 1. The van der Waals surface area contributed by atoms with E-state index in [1.165, 1.54) is 11.1 Å². The van der Waals surface area contributed by atoms with E-state index in [0.717, 1.165) is 57.3 Å². The average Bonchev–Trinajstić information content (AvgIpc) is 2.69. The molecule has 0 unspecified atom stereocenters. The summed E-state index contributed by atoms with van der Waals surface area (Å²) in [5, 5.41) is 3.54. The van der Waals surface area contributed by atoms with Gasteiger partial charge in [-0.2, -0.15) is 0 Å². The summed E-state index contributed by atoms with van der Waals surface area (Å²) in [5.41, 5.74) is 3.83. The van der Waals surface area contributed by atoms with Gasteiger partial charge in [0.1, 0.15) is 12.4 Å². The number of nitrogens with one attached hydrogen (secondary N) is 1. The Morgan fingerprint density at radius 3 is 2.38 bits per heavy atom. The predicted octanol–water partition coefficient (Wildman–Crippen LogP) is 2.82. The zero-order chi connectivity index (χ0) is 18.0. The Balaban J connectivity index is 1.58. The van der Waals surface area contributed by atoms with Crippen LogP contribution in [-0.2, 0) is 24.4 Å². The number of nitrogens with zero attached hydrogens (tertiary/aromatic N) is 1. The highest BCUT2D eigenvalue weighted by molar-refractivity contribution is 5.34. The largest absolute Gasteiger partial charge is 0.481 e. The Kier molecular flexibility index (Phi) is 7.09. The van der Waals surface area contributed by atoms with Gasteiger partial charge in [0.05, 0.1) is 13.2 Å². The van der Waals surface area contributed by atoms with Crippen LogP contribution in [-0.4, -0.2) is 37.8 Å². The molecule has 136 valence electrons. The Bertz CT molecular complexity index is 733. The van der Waals surface area contributed by atoms with Crippen molar-refractivity contribution in [2.24, 2.45) is 0 Å². The van der Waals surface area contributed by atoms with Crippen LogP contribution >= 0.6 is 0 Å². The third-order valence-corrected chi connectivity index (χ3v) is 4.53. The first-order chi connectivity index (χ1) is 12.9. The Hall–Kier alpha value is -2.32. The van der Waals surface area contributed by atoms with Crippen molar-refractivity contribution in [3.8, 4) is 18.1 Å². The maximum Gasteiger partial charge on any atom is 0.148 e. The lowest BCUT2D eigenvalue weighted by Crippen LogP contribution is -2.36. The van der Waals surface area contributed by atoms with Crippen molar-refractivity contribution in [3.05, 3.63) is 65.2 Å². The monoisotopic (exact) mass is 350 g/mol. The molecule has 3 rings (SSSR count). The smallest absolute Gasteiger partial charge is 0.148 e. The van der Waals surface area contributed by atoms with Gasteiger partial charge in [-0.3, -0.25) is 4.90 Å². The molecule has 0 aromatic heterocycles. The molecule has 1 saturated heterocycles. The second kappa shape index (κ2) is 9.98. The average molecular weight is 350 g/mol. The Morgan fingerprint density at radius 1 is 0.962 bits per heavy atom. The van der Waals surface area contributed by atoms with Crippen LogP contribution in [0.25, 0.3) is 0 Å². The van der Waals surface area contributed by atoms with Gasteiger partial charge < -0.3 is 14.8 Å². The molecule has 0 spiro atoms. The highest BCUT2D eigenvalue weighted by atomic mass is 16.5. The maximum absolute atomic E-state index is 5.62. The molecular formula is C22H26N2O2. The van der Waals surface area contributed by atoms with E-state index in [0.29, 0.717) is 6.61 Å². The molecule has 1 aliphatic rings. The molecule has 2 aromatic carbocycles. The van der Waals surface area contributed by atoms with E-state index in [9.17, 15) is 0 Å². The SMILES string of the molecule is C#CCOc1ccccc1CNCc1ccccc1CN1CCOCC1. The van der Waals surface area contributed by atoms with E-state index in [1.807, 2.05) is 18.2 Å². The van der Waals surface area contributed by atoms with Crippen molar-refractivity contribution in [3.63, 3.8) is 0 Å². The minimum atomic E-state index is 0.291. The lowest BCUT2D eigenvalue weighted by atomic mass is 10.1. The number of ether oxygens (including phenoxy) is 2. The maximum atomic E-state index is 5.62. The van der Waals surface area contributed by atoms with Crippen LogP contribution in [0.3, 0.4) is 0 Å². The standard InChI is InChI=1S/C22H26N2O2/c1-2-13-26-22-10-6-5-8-20(22)17-23-16-19-7-3-4-9-21(19)18-24-11-14-25-15-12-24/h1,3-10,23H,11-18H2. The van der Waals surface area contributed by atoms with Crippen molar-refractivity contribution in [2.45, 2.75) is 19.6 Å². The van der Waals surface area contributed by atoms with E-state index in [4.69, 9.17) is 15.9 Å². The number of benzene rings is 2. The molecule has 1 N–H and O–H groups in total. The molecule has 2 aromatic rings. The Morgan fingerprint density at radius 2 is 1.62 bits per heavy atom. The summed E-state index contributed by atoms with van der Waals surface area (Å²) in [7, 11) is 0. The molecule has 0 aliphatic carbocycles. The predicted molar refractivity (Wildman–Crippen MR) is 104 cm³/mol. The summed E-state index contributed by atoms with van der Waals surface area (Å²) < 4.78 is 11.1. The van der Waals surface area contributed by atoms with Crippen molar-refractivity contribution < 1.29 is 9.47 Å². The fourth-order valence-electron chi connectivity index (χ4n) is 3.13. The summed E-state index contributed by atoms with van der Waals surface area (Å²) in [6.45, 7) is 6.49. The molecule has 26 heavy (non-hydrogen) atoms. The van der Waals surface area contributed by atoms with Crippen LogP contribution in [0.4, 0.5) is 0 Å². The zero-order valence-electron chi connectivity index (χ0n) is 15.1. The second-order valence-corrected chi connectivity index (χ2v) is 6.36. The van der Waals surface area contributed by atoms with Crippen LogP contribution < -0.4 is 10.1 Å². The molecular weight excluding hydrogens is 324 g/mol. The van der Waals surface area contributed by atoms with Crippen LogP contribution in [0.15, 0.2) is 48.5 Å². The summed E-state index contributed by atoms with van der Waals surface area (Å²) >= 11 is 0. The van der Waals surface area contributed by atoms with Gasteiger partial charge in [-0.05, 0) is 17.2 Å². The summed E-state index contributed by atoms with van der Waals surface area (Å²) in [6, 6.07) is 16.6. The van der Waals surface area contributed by atoms with Gasteiger partial charge in [0.25, 0.3) is 0 Å². The van der Waals surface area contributed by atoms with Gasteiger partial charge in [0, 0.05) is 38.3 Å². The van der Waals surface area contributed by atoms with Gasteiger partial charge in [0.15, 0.2) is 0 Å². The van der Waals surface area contributed by atoms with Crippen molar-refractivity contribution in [1.82, 2.24) is 10.2 Å². The minimum absolute atomic E-state index is 0.291. The quantitative estimate of drug-likeness (QED) is 0.743. The third-order valence-electron chi connectivity index (χ3n) is 4.53. The normalized spacial score (nSPS) is 14.7. The van der Waals surface area contributed by atoms with Crippen LogP contribution in [0.1, 0.15) is 16.7 Å². The number of rotatable bonds is 8. The molecule has 1 heterocycles.